The predicted octanol–water partition coefficient (Wildman–Crippen LogP) is 0.962. The Hall–Kier alpha value is -1.55. The van der Waals surface area contributed by atoms with Crippen LogP contribution in [0.4, 0.5) is 5.69 Å². The number of carbonyl (C=O) groups excluding carboxylic acids is 1. The second-order valence-electron chi connectivity index (χ2n) is 4.40. The number of nitrogens with two attached hydrogens (primary N) is 1. The first-order chi connectivity index (χ1) is 8.20. The molecule has 0 unspecified atom stereocenters. The van der Waals surface area contributed by atoms with E-state index in [2.05, 4.69) is 28.4 Å². The Morgan fingerprint density at radius 1 is 1.53 bits per heavy atom. The molecule has 1 aromatic carbocycles. The molecule has 0 spiro atoms. The van der Waals surface area contributed by atoms with Gasteiger partial charge in [0, 0.05) is 18.8 Å². The van der Waals surface area contributed by atoms with Crippen LogP contribution in [0.3, 0.4) is 0 Å². The lowest BCUT2D eigenvalue weighted by Crippen LogP contribution is -2.33. The number of rotatable bonds is 5. The average molecular weight is 233 g/mol. The maximum Gasteiger partial charge on any atom is 0.231 e. The molecule has 0 aromatic heterocycles. The number of hydrogen-bond donors (Lipinski definition) is 2. The lowest BCUT2D eigenvalue weighted by atomic mass is 10.1. The van der Waals surface area contributed by atoms with Gasteiger partial charge in [-0.2, -0.15) is 0 Å². The third kappa shape index (κ3) is 2.77. The zero-order valence-electron chi connectivity index (χ0n) is 10.2. The van der Waals surface area contributed by atoms with E-state index in [1.165, 1.54) is 16.8 Å². The molecule has 4 heteroatoms. The van der Waals surface area contributed by atoms with Crippen LogP contribution in [0.5, 0.6) is 0 Å². The summed E-state index contributed by atoms with van der Waals surface area (Å²) >= 11 is 0. The minimum absolute atomic E-state index is 0.271. The van der Waals surface area contributed by atoms with Crippen LogP contribution in [0.1, 0.15) is 18.1 Å². The first-order valence-electron chi connectivity index (χ1n) is 6.06. The Balaban J connectivity index is 2.12. The highest BCUT2D eigenvalue weighted by molar-refractivity contribution is 5.76. The predicted molar refractivity (Wildman–Crippen MR) is 68.8 cm³/mol. The fraction of sp³-hybridized carbons (Fsp3) is 0.462. The van der Waals surface area contributed by atoms with Crippen LogP contribution in [0.25, 0.3) is 0 Å². The number of para-hydroxylation sites is 1. The summed E-state index contributed by atoms with van der Waals surface area (Å²) in [5.74, 6) is -0.271. The summed E-state index contributed by atoms with van der Waals surface area (Å²) in [6, 6.07) is 6.35. The molecule has 1 aliphatic rings. The fourth-order valence-corrected chi connectivity index (χ4v) is 2.28. The van der Waals surface area contributed by atoms with Gasteiger partial charge >= 0.3 is 0 Å². The van der Waals surface area contributed by atoms with E-state index in [0.717, 1.165) is 26.1 Å². The van der Waals surface area contributed by atoms with Crippen LogP contribution in [-0.2, 0) is 17.8 Å². The SMILES string of the molecule is CCN(CC(N)=O)Cc1cccc2c1NCC2. The molecule has 4 nitrogen and oxygen atoms in total. The second kappa shape index (κ2) is 5.19. The Bertz CT molecular complexity index is 417. The fourth-order valence-electron chi connectivity index (χ4n) is 2.28. The van der Waals surface area contributed by atoms with Crippen LogP contribution >= 0.6 is 0 Å². The van der Waals surface area contributed by atoms with E-state index in [4.69, 9.17) is 5.73 Å². The van der Waals surface area contributed by atoms with Crippen LogP contribution in [0.15, 0.2) is 18.2 Å². The van der Waals surface area contributed by atoms with E-state index in [1.54, 1.807) is 0 Å². The number of hydrogen-bond acceptors (Lipinski definition) is 3. The largest absolute Gasteiger partial charge is 0.384 e. The van der Waals surface area contributed by atoms with Gasteiger partial charge in [-0.15, -0.1) is 0 Å². The van der Waals surface area contributed by atoms with E-state index in [9.17, 15) is 4.79 Å². The minimum Gasteiger partial charge on any atom is -0.384 e. The minimum atomic E-state index is -0.271. The van der Waals surface area contributed by atoms with Crippen LogP contribution in [0.2, 0.25) is 0 Å². The molecule has 0 atom stereocenters. The first kappa shape index (κ1) is 11.9. The first-order valence-corrected chi connectivity index (χ1v) is 6.06. The molecular weight excluding hydrogens is 214 g/mol. The number of anilines is 1. The number of likely N-dealkylation sites (N-methyl/N-ethyl adjacent to an activating group) is 1. The van der Waals surface area contributed by atoms with Crippen molar-refractivity contribution in [1.82, 2.24) is 4.90 Å². The van der Waals surface area contributed by atoms with Crippen molar-refractivity contribution in [2.24, 2.45) is 5.73 Å². The van der Waals surface area contributed by atoms with Gasteiger partial charge in [-0.1, -0.05) is 25.1 Å². The lowest BCUT2D eigenvalue weighted by molar-refractivity contribution is -0.119. The number of nitrogens with zero attached hydrogens (tertiary/aromatic N) is 1. The monoisotopic (exact) mass is 233 g/mol. The summed E-state index contributed by atoms with van der Waals surface area (Å²) < 4.78 is 0. The Morgan fingerprint density at radius 2 is 2.35 bits per heavy atom. The van der Waals surface area contributed by atoms with E-state index in [-0.39, 0.29) is 5.91 Å². The van der Waals surface area contributed by atoms with E-state index in [0.29, 0.717) is 6.54 Å². The molecule has 2 rings (SSSR count). The molecule has 1 aliphatic heterocycles. The Labute approximate surface area is 102 Å². The van der Waals surface area contributed by atoms with Gasteiger partial charge in [0.1, 0.15) is 0 Å². The average Bonchev–Trinajstić information content (AvgIpc) is 2.76. The summed E-state index contributed by atoms with van der Waals surface area (Å²) in [4.78, 5) is 13.0. The lowest BCUT2D eigenvalue weighted by Gasteiger charge is -2.20. The highest BCUT2D eigenvalue weighted by atomic mass is 16.1. The van der Waals surface area contributed by atoms with Gasteiger partial charge in [-0.25, -0.2) is 0 Å². The van der Waals surface area contributed by atoms with Crippen molar-refractivity contribution in [2.75, 3.05) is 25.0 Å². The highest BCUT2D eigenvalue weighted by Gasteiger charge is 2.15. The molecule has 0 fully saturated rings. The van der Waals surface area contributed by atoms with Gasteiger partial charge in [0.25, 0.3) is 0 Å². The van der Waals surface area contributed by atoms with Crippen molar-refractivity contribution in [2.45, 2.75) is 19.9 Å². The molecular formula is C13H19N3O. The molecule has 17 heavy (non-hydrogen) atoms. The third-order valence-electron chi connectivity index (χ3n) is 3.15. The second-order valence-corrected chi connectivity index (χ2v) is 4.40. The van der Waals surface area contributed by atoms with Crippen molar-refractivity contribution in [3.8, 4) is 0 Å². The summed E-state index contributed by atoms with van der Waals surface area (Å²) in [6.07, 6.45) is 1.09. The van der Waals surface area contributed by atoms with E-state index >= 15 is 0 Å². The van der Waals surface area contributed by atoms with Gasteiger partial charge in [0.15, 0.2) is 0 Å². The molecule has 0 saturated heterocycles. The number of amides is 1. The number of nitrogens with one attached hydrogen (secondary N) is 1. The zero-order valence-corrected chi connectivity index (χ0v) is 10.2. The van der Waals surface area contributed by atoms with Gasteiger partial charge < -0.3 is 11.1 Å². The number of primary amides is 1. The Kier molecular flexibility index (Phi) is 3.64. The van der Waals surface area contributed by atoms with E-state index < -0.39 is 0 Å². The van der Waals surface area contributed by atoms with Crippen molar-refractivity contribution >= 4 is 11.6 Å². The van der Waals surface area contributed by atoms with Gasteiger partial charge in [0.05, 0.1) is 6.54 Å². The normalized spacial score (nSPS) is 13.5. The molecule has 0 radical (unpaired) electrons. The molecule has 1 heterocycles. The zero-order chi connectivity index (χ0) is 12.3. The maximum absolute atomic E-state index is 11.0. The molecule has 0 aliphatic carbocycles. The summed E-state index contributed by atoms with van der Waals surface area (Å²) in [7, 11) is 0. The summed E-state index contributed by atoms with van der Waals surface area (Å²) in [6.45, 7) is 4.97. The van der Waals surface area contributed by atoms with Crippen molar-refractivity contribution in [1.29, 1.82) is 0 Å². The molecule has 1 amide bonds. The van der Waals surface area contributed by atoms with Crippen molar-refractivity contribution in [3.05, 3.63) is 29.3 Å². The highest BCUT2D eigenvalue weighted by Crippen LogP contribution is 2.27. The van der Waals surface area contributed by atoms with Gasteiger partial charge in [-0.3, -0.25) is 9.69 Å². The standard InChI is InChI=1S/C13H19N3O/c1-2-16(9-12(14)17)8-11-5-3-4-10-6-7-15-13(10)11/h3-5,15H,2,6-9H2,1H3,(H2,14,17). The van der Waals surface area contributed by atoms with Crippen LogP contribution < -0.4 is 11.1 Å². The molecule has 3 N–H and O–H groups in total. The number of carbonyl (C=O) groups is 1. The maximum atomic E-state index is 11.0. The van der Waals surface area contributed by atoms with Crippen molar-refractivity contribution < 1.29 is 4.79 Å². The van der Waals surface area contributed by atoms with Gasteiger partial charge in [-0.05, 0) is 24.1 Å². The number of benzene rings is 1. The van der Waals surface area contributed by atoms with E-state index in [1.807, 2.05) is 6.92 Å². The smallest absolute Gasteiger partial charge is 0.231 e. The summed E-state index contributed by atoms with van der Waals surface area (Å²) in [5, 5.41) is 3.41. The van der Waals surface area contributed by atoms with Gasteiger partial charge in [0.2, 0.25) is 5.91 Å². The Morgan fingerprint density at radius 3 is 3.06 bits per heavy atom. The molecule has 92 valence electrons. The number of fused-ring (bicyclic) bond motifs is 1. The summed E-state index contributed by atoms with van der Waals surface area (Å²) in [5.41, 5.74) is 9.11. The molecule has 0 bridgehead atoms. The van der Waals surface area contributed by atoms with Crippen LogP contribution in [-0.4, -0.2) is 30.4 Å². The molecule has 0 saturated carbocycles. The molecule has 1 aromatic rings. The van der Waals surface area contributed by atoms with Crippen molar-refractivity contribution in [3.63, 3.8) is 0 Å². The quantitative estimate of drug-likeness (QED) is 0.796. The third-order valence-corrected chi connectivity index (χ3v) is 3.15. The topological polar surface area (TPSA) is 58.4 Å². The van der Waals surface area contributed by atoms with Crippen LogP contribution in [0, 0.1) is 0 Å².